The number of nitrogens with zero attached hydrogens (tertiary/aromatic N) is 1. The summed E-state index contributed by atoms with van der Waals surface area (Å²) in [5.74, 6) is -0.0614. The summed E-state index contributed by atoms with van der Waals surface area (Å²) in [6, 6.07) is 10.8. The second kappa shape index (κ2) is 7.91. The highest BCUT2D eigenvalue weighted by Crippen LogP contribution is 2.44. The number of hydrogen-bond donors (Lipinski definition) is 1. The molecule has 0 unspecified atom stereocenters. The van der Waals surface area contributed by atoms with Crippen LogP contribution in [0.5, 0.6) is 5.75 Å². The lowest BCUT2D eigenvalue weighted by molar-refractivity contribution is -0.127. The Morgan fingerprint density at radius 3 is 2.46 bits per heavy atom. The lowest BCUT2D eigenvalue weighted by atomic mass is 10.1. The molecule has 1 heterocycles. The van der Waals surface area contributed by atoms with E-state index in [1.165, 1.54) is 20.2 Å². The first-order chi connectivity index (χ1) is 13.1. The second-order valence-electron chi connectivity index (χ2n) is 6.73. The molecule has 28 heavy (non-hydrogen) atoms. The fourth-order valence-electron chi connectivity index (χ4n) is 2.96. The van der Waals surface area contributed by atoms with E-state index >= 15 is 0 Å². The Hall–Kier alpha value is -1.80. The number of hydrogen-bond acceptors (Lipinski definition) is 4. The van der Waals surface area contributed by atoms with Crippen molar-refractivity contribution in [2.45, 2.75) is 30.4 Å². The predicted octanol–water partition coefficient (Wildman–Crippen LogP) is 3.42. The fourth-order valence-corrected chi connectivity index (χ4v) is 4.73. The number of nitrogens with one attached hydrogen (secondary N) is 1. The van der Waals surface area contributed by atoms with Gasteiger partial charge in [-0.15, -0.1) is 0 Å². The summed E-state index contributed by atoms with van der Waals surface area (Å²) >= 11 is 12.4. The van der Waals surface area contributed by atoms with Crippen molar-refractivity contribution >= 4 is 39.1 Å². The van der Waals surface area contributed by atoms with Crippen molar-refractivity contribution in [3.63, 3.8) is 0 Å². The number of rotatable bonds is 5. The average molecular weight is 443 g/mol. The van der Waals surface area contributed by atoms with Gasteiger partial charge in [0, 0.05) is 26.1 Å². The van der Waals surface area contributed by atoms with Gasteiger partial charge in [0.1, 0.15) is 15.7 Å². The maximum Gasteiger partial charge on any atom is 0.261 e. The van der Waals surface area contributed by atoms with Crippen LogP contribution in [0.3, 0.4) is 0 Å². The standard InChI is InChI=1S/C19H20Cl2N2O4S/c1-11(12-7-5-4-6-8-12)22-19(24)14-9-13-10-15(28(25,26)23(2)3)16(20)17(21)18(13)27-14/h4-8,10-11,14H,9H2,1-3H3,(H,22,24)/t11-,14+/m0/s1. The SMILES string of the molecule is C[C@H](NC(=O)[C@H]1Cc2cc(S(=O)(=O)N(C)C)c(Cl)c(Cl)c2O1)c1ccccc1. The molecule has 1 N–H and O–H groups in total. The first kappa shape index (κ1) is 20.9. The highest BCUT2D eigenvalue weighted by atomic mass is 35.5. The van der Waals surface area contributed by atoms with E-state index < -0.39 is 16.1 Å². The lowest BCUT2D eigenvalue weighted by Crippen LogP contribution is -2.38. The van der Waals surface area contributed by atoms with E-state index in [1.807, 2.05) is 37.3 Å². The molecule has 3 rings (SSSR count). The van der Waals surface area contributed by atoms with Crippen LogP contribution in [-0.2, 0) is 21.2 Å². The van der Waals surface area contributed by atoms with Crippen LogP contribution in [0.4, 0.5) is 0 Å². The summed E-state index contributed by atoms with van der Waals surface area (Å²) < 4.78 is 31.7. The number of carbonyl (C=O) groups excluding carboxylic acids is 1. The second-order valence-corrected chi connectivity index (χ2v) is 9.61. The van der Waals surface area contributed by atoms with Crippen molar-refractivity contribution in [1.82, 2.24) is 9.62 Å². The lowest BCUT2D eigenvalue weighted by Gasteiger charge is -2.17. The van der Waals surface area contributed by atoms with Crippen molar-refractivity contribution in [3.8, 4) is 5.75 Å². The molecule has 0 saturated heterocycles. The maximum absolute atomic E-state index is 12.6. The van der Waals surface area contributed by atoms with Crippen LogP contribution in [0.1, 0.15) is 24.1 Å². The highest BCUT2D eigenvalue weighted by Gasteiger charge is 2.35. The molecule has 2 atom stereocenters. The minimum atomic E-state index is -3.78. The van der Waals surface area contributed by atoms with Crippen LogP contribution >= 0.6 is 23.2 Å². The van der Waals surface area contributed by atoms with Crippen LogP contribution in [0.2, 0.25) is 10.0 Å². The Bertz CT molecular complexity index is 1010. The van der Waals surface area contributed by atoms with E-state index in [-0.39, 0.29) is 39.1 Å². The van der Waals surface area contributed by atoms with Gasteiger partial charge in [-0.2, -0.15) is 0 Å². The number of fused-ring (bicyclic) bond motifs is 1. The zero-order valence-corrected chi connectivity index (χ0v) is 17.9. The zero-order valence-electron chi connectivity index (χ0n) is 15.6. The number of amides is 1. The van der Waals surface area contributed by atoms with Gasteiger partial charge in [-0.3, -0.25) is 4.79 Å². The number of halogens is 2. The van der Waals surface area contributed by atoms with Crippen molar-refractivity contribution in [2.75, 3.05) is 14.1 Å². The summed E-state index contributed by atoms with van der Waals surface area (Å²) in [6.45, 7) is 1.88. The molecule has 0 saturated carbocycles. The van der Waals surface area contributed by atoms with E-state index in [0.717, 1.165) is 9.87 Å². The topological polar surface area (TPSA) is 75.7 Å². The Labute approximate surface area is 174 Å². The molecule has 2 aromatic carbocycles. The van der Waals surface area contributed by atoms with E-state index in [0.29, 0.717) is 5.56 Å². The van der Waals surface area contributed by atoms with Gasteiger partial charge in [-0.25, -0.2) is 12.7 Å². The quantitative estimate of drug-likeness (QED) is 0.769. The molecule has 0 spiro atoms. The molecule has 0 bridgehead atoms. The molecule has 0 aliphatic carbocycles. The number of benzene rings is 2. The van der Waals surface area contributed by atoms with Crippen molar-refractivity contribution < 1.29 is 17.9 Å². The molecule has 0 aromatic heterocycles. The van der Waals surface area contributed by atoms with Crippen molar-refractivity contribution in [2.24, 2.45) is 0 Å². The van der Waals surface area contributed by atoms with Gasteiger partial charge >= 0.3 is 0 Å². The number of ether oxygens (including phenoxy) is 1. The summed E-state index contributed by atoms with van der Waals surface area (Å²) in [6.07, 6.45) is -0.609. The number of sulfonamides is 1. The van der Waals surface area contributed by atoms with Gasteiger partial charge in [0.15, 0.2) is 6.10 Å². The molecular formula is C19H20Cl2N2O4S. The van der Waals surface area contributed by atoms with Crippen LogP contribution in [0, 0.1) is 0 Å². The Morgan fingerprint density at radius 2 is 1.86 bits per heavy atom. The molecule has 9 heteroatoms. The van der Waals surface area contributed by atoms with Crippen LogP contribution in [0.15, 0.2) is 41.3 Å². The Balaban J connectivity index is 1.83. The monoisotopic (exact) mass is 442 g/mol. The van der Waals surface area contributed by atoms with E-state index in [1.54, 1.807) is 0 Å². The minimum Gasteiger partial charge on any atom is -0.478 e. The predicted molar refractivity (Wildman–Crippen MR) is 108 cm³/mol. The largest absolute Gasteiger partial charge is 0.478 e. The van der Waals surface area contributed by atoms with Crippen molar-refractivity contribution in [1.29, 1.82) is 0 Å². The molecule has 2 aromatic rings. The average Bonchev–Trinajstić information content (AvgIpc) is 3.09. The Morgan fingerprint density at radius 1 is 1.21 bits per heavy atom. The van der Waals surface area contributed by atoms with E-state index in [9.17, 15) is 13.2 Å². The van der Waals surface area contributed by atoms with Gasteiger partial charge in [-0.1, -0.05) is 53.5 Å². The fraction of sp³-hybridized carbons (Fsp3) is 0.316. The summed E-state index contributed by atoms with van der Waals surface area (Å²) in [5, 5.41) is 2.78. The molecule has 1 aliphatic heterocycles. The summed E-state index contributed by atoms with van der Waals surface area (Å²) in [4.78, 5) is 12.5. The normalized spacial score (nSPS) is 17.1. The molecule has 1 amide bonds. The van der Waals surface area contributed by atoms with Crippen LogP contribution in [0.25, 0.3) is 0 Å². The van der Waals surface area contributed by atoms with Gasteiger partial charge in [0.25, 0.3) is 5.91 Å². The van der Waals surface area contributed by atoms with Gasteiger partial charge in [-0.05, 0) is 18.6 Å². The van der Waals surface area contributed by atoms with Crippen LogP contribution < -0.4 is 10.1 Å². The maximum atomic E-state index is 12.6. The first-order valence-electron chi connectivity index (χ1n) is 8.58. The van der Waals surface area contributed by atoms with Gasteiger partial charge in [0.2, 0.25) is 10.0 Å². The number of carbonyl (C=O) groups is 1. The molecule has 0 radical (unpaired) electrons. The van der Waals surface area contributed by atoms with Crippen molar-refractivity contribution in [3.05, 3.63) is 57.6 Å². The minimum absolute atomic E-state index is 0.00833. The molecule has 1 aliphatic rings. The molecule has 6 nitrogen and oxygen atoms in total. The molecule has 0 fully saturated rings. The Kier molecular flexibility index (Phi) is 5.91. The molecular weight excluding hydrogens is 423 g/mol. The summed E-state index contributed by atoms with van der Waals surface area (Å²) in [7, 11) is -0.969. The highest BCUT2D eigenvalue weighted by molar-refractivity contribution is 7.89. The third kappa shape index (κ3) is 3.85. The van der Waals surface area contributed by atoms with E-state index in [2.05, 4.69) is 5.32 Å². The third-order valence-corrected chi connectivity index (χ3v) is 7.38. The first-order valence-corrected chi connectivity index (χ1v) is 10.8. The third-order valence-electron chi connectivity index (χ3n) is 4.58. The van der Waals surface area contributed by atoms with Gasteiger partial charge < -0.3 is 10.1 Å². The molecule has 150 valence electrons. The van der Waals surface area contributed by atoms with Gasteiger partial charge in [0.05, 0.1) is 11.1 Å². The van der Waals surface area contributed by atoms with Crippen LogP contribution in [-0.4, -0.2) is 38.8 Å². The zero-order chi connectivity index (χ0) is 20.6. The van der Waals surface area contributed by atoms with E-state index in [4.69, 9.17) is 27.9 Å². The smallest absolute Gasteiger partial charge is 0.261 e. The summed E-state index contributed by atoms with van der Waals surface area (Å²) in [5.41, 5.74) is 1.49.